The van der Waals surface area contributed by atoms with Gasteiger partial charge in [0, 0.05) is 6.20 Å². The third-order valence-electron chi connectivity index (χ3n) is 1.88. The van der Waals surface area contributed by atoms with Gasteiger partial charge in [0.25, 0.3) is 0 Å². The summed E-state index contributed by atoms with van der Waals surface area (Å²) in [5, 5.41) is 2.39. The summed E-state index contributed by atoms with van der Waals surface area (Å²) in [6, 6.07) is 3.02. The number of Topliss-reactive ketones (excluding diaryl/α,β-unsaturated/α-hetero) is 1. The Morgan fingerprint density at radius 3 is 2.71 bits per heavy atom. The predicted molar refractivity (Wildman–Crippen MR) is 59.5 cm³/mol. The summed E-state index contributed by atoms with van der Waals surface area (Å²) in [6.07, 6.45) is 1.17. The highest BCUT2D eigenvalue weighted by atomic mass is 16.5. The first-order valence-corrected chi connectivity index (χ1v) is 4.87. The van der Waals surface area contributed by atoms with E-state index in [1.54, 1.807) is 6.07 Å². The maximum absolute atomic E-state index is 11.4. The second kappa shape index (κ2) is 5.74. The molecule has 0 aliphatic rings. The maximum atomic E-state index is 11.4. The molecule has 1 heterocycles. The SMILES string of the molecule is COC(=O)c1cccnc1NC(=O)CC(C)=O. The van der Waals surface area contributed by atoms with Crippen LogP contribution in [-0.4, -0.2) is 29.8 Å². The molecule has 0 radical (unpaired) electrons. The third-order valence-corrected chi connectivity index (χ3v) is 1.88. The molecular weight excluding hydrogens is 224 g/mol. The largest absolute Gasteiger partial charge is 0.465 e. The van der Waals surface area contributed by atoms with Crippen LogP contribution in [0.3, 0.4) is 0 Å². The van der Waals surface area contributed by atoms with E-state index in [-0.39, 0.29) is 23.6 Å². The van der Waals surface area contributed by atoms with Crippen molar-refractivity contribution >= 4 is 23.5 Å². The zero-order chi connectivity index (χ0) is 12.8. The molecule has 0 aliphatic carbocycles. The van der Waals surface area contributed by atoms with Gasteiger partial charge in [0.1, 0.15) is 17.2 Å². The summed E-state index contributed by atoms with van der Waals surface area (Å²) in [5.41, 5.74) is 0.145. The summed E-state index contributed by atoms with van der Waals surface area (Å²) in [7, 11) is 1.23. The van der Waals surface area contributed by atoms with E-state index < -0.39 is 11.9 Å². The monoisotopic (exact) mass is 236 g/mol. The van der Waals surface area contributed by atoms with Gasteiger partial charge in [-0.25, -0.2) is 9.78 Å². The lowest BCUT2D eigenvalue weighted by atomic mass is 10.2. The minimum Gasteiger partial charge on any atom is -0.465 e. The molecule has 6 heteroatoms. The number of rotatable bonds is 4. The summed E-state index contributed by atoms with van der Waals surface area (Å²) in [6.45, 7) is 1.30. The van der Waals surface area contributed by atoms with Gasteiger partial charge in [0.15, 0.2) is 0 Å². The summed E-state index contributed by atoms with van der Waals surface area (Å²) >= 11 is 0. The number of ether oxygens (including phenoxy) is 1. The molecule has 1 N–H and O–H groups in total. The summed E-state index contributed by atoms with van der Waals surface area (Å²) in [4.78, 5) is 37.3. The number of hydrogen-bond donors (Lipinski definition) is 1. The highest BCUT2D eigenvalue weighted by molar-refractivity contribution is 6.06. The van der Waals surface area contributed by atoms with Gasteiger partial charge in [-0.3, -0.25) is 9.59 Å². The van der Waals surface area contributed by atoms with Crippen molar-refractivity contribution in [1.82, 2.24) is 4.98 Å². The van der Waals surface area contributed by atoms with Gasteiger partial charge < -0.3 is 10.1 Å². The number of esters is 1. The van der Waals surface area contributed by atoms with Gasteiger partial charge in [-0.1, -0.05) is 0 Å². The van der Waals surface area contributed by atoms with E-state index >= 15 is 0 Å². The Balaban J connectivity index is 2.87. The normalized spacial score (nSPS) is 9.53. The Hall–Kier alpha value is -2.24. The number of amides is 1. The average Bonchev–Trinajstić information content (AvgIpc) is 2.27. The molecular formula is C11H12N2O4. The van der Waals surface area contributed by atoms with Crippen molar-refractivity contribution in [2.45, 2.75) is 13.3 Å². The lowest BCUT2D eigenvalue weighted by molar-refractivity contribution is -0.124. The third kappa shape index (κ3) is 3.67. The molecule has 1 aromatic rings. The zero-order valence-corrected chi connectivity index (χ0v) is 9.52. The first-order valence-electron chi connectivity index (χ1n) is 4.87. The first kappa shape index (κ1) is 12.8. The number of hydrogen-bond acceptors (Lipinski definition) is 5. The molecule has 0 saturated heterocycles. The number of anilines is 1. The molecule has 1 aromatic heterocycles. The van der Waals surface area contributed by atoms with Crippen LogP contribution in [-0.2, 0) is 14.3 Å². The number of pyridine rings is 1. The molecule has 1 amide bonds. The molecule has 0 bridgehead atoms. The molecule has 0 aliphatic heterocycles. The second-order valence-corrected chi connectivity index (χ2v) is 3.32. The molecule has 0 saturated carbocycles. The number of methoxy groups -OCH3 is 1. The average molecular weight is 236 g/mol. The number of carbonyl (C=O) groups excluding carboxylic acids is 3. The van der Waals surface area contributed by atoms with Crippen molar-refractivity contribution in [1.29, 1.82) is 0 Å². The van der Waals surface area contributed by atoms with E-state index in [4.69, 9.17) is 0 Å². The van der Waals surface area contributed by atoms with E-state index in [1.807, 2.05) is 0 Å². The Labute approximate surface area is 98.0 Å². The predicted octanol–water partition coefficient (Wildman–Crippen LogP) is 0.786. The molecule has 0 spiro atoms. The minimum atomic E-state index is -0.601. The van der Waals surface area contributed by atoms with Crippen molar-refractivity contribution in [3.63, 3.8) is 0 Å². The molecule has 0 aromatic carbocycles. The summed E-state index contributed by atoms with van der Waals surface area (Å²) < 4.78 is 4.54. The minimum absolute atomic E-state index is 0.0885. The Kier molecular flexibility index (Phi) is 4.33. The number of nitrogens with one attached hydrogen (secondary N) is 1. The van der Waals surface area contributed by atoms with Crippen LogP contribution in [0.25, 0.3) is 0 Å². The van der Waals surface area contributed by atoms with Crippen molar-refractivity contribution < 1.29 is 19.1 Å². The van der Waals surface area contributed by atoms with E-state index in [1.165, 1.54) is 26.3 Å². The molecule has 90 valence electrons. The van der Waals surface area contributed by atoms with E-state index in [2.05, 4.69) is 15.0 Å². The van der Waals surface area contributed by atoms with Crippen LogP contribution in [0.4, 0.5) is 5.82 Å². The highest BCUT2D eigenvalue weighted by Crippen LogP contribution is 2.12. The second-order valence-electron chi connectivity index (χ2n) is 3.32. The molecule has 0 fully saturated rings. The van der Waals surface area contributed by atoms with Crippen molar-refractivity contribution in [3.8, 4) is 0 Å². The van der Waals surface area contributed by atoms with Crippen LogP contribution in [0.15, 0.2) is 18.3 Å². The number of ketones is 1. The van der Waals surface area contributed by atoms with Crippen molar-refractivity contribution in [2.24, 2.45) is 0 Å². The smallest absolute Gasteiger partial charge is 0.341 e. The van der Waals surface area contributed by atoms with Gasteiger partial charge in [-0.05, 0) is 19.1 Å². The lowest BCUT2D eigenvalue weighted by Gasteiger charge is -2.07. The molecule has 17 heavy (non-hydrogen) atoms. The highest BCUT2D eigenvalue weighted by Gasteiger charge is 2.15. The van der Waals surface area contributed by atoms with Crippen LogP contribution in [0, 0.1) is 0 Å². The Morgan fingerprint density at radius 2 is 2.12 bits per heavy atom. The maximum Gasteiger partial charge on any atom is 0.341 e. The summed E-state index contributed by atoms with van der Waals surface area (Å²) in [5.74, 6) is -1.29. The van der Waals surface area contributed by atoms with Gasteiger partial charge in [0.2, 0.25) is 5.91 Å². The van der Waals surface area contributed by atoms with Crippen molar-refractivity contribution in [2.75, 3.05) is 12.4 Å². The molecule has 0 atom stereocenters. The van der Waals surface area contributed by atoms with Crippen molar-refractivity contribution in [3.05, 3.63) is 23.9 Å². The van der Waals surface area contributed by atoms with Crippen LogP contribution >= 0.6 is 0 Å². The fraction of sp³-hybridized carbons (Fsp3) is 0.273. The Morgan fingerprint density at radius 1 is 1.41 bits per heavy atom. The fourth-order valence-corrected chi connectivity index (χ4v) is 1.18. The van der Waals surface area contributed by atoms with E-state index in [0.29, 0.717) is 0 Å². The number of nitrogens with zero attached hydrogens (tertiary/aromatic N) is 1. The van der Waals surface area contributed by atoms with Gasteiger partial charge in [-0.2, -0.15) is 0 Å². The molecule has 1 rings (SSSR count). The van der Waals surface area contributed by atoms with E-state index in [9.17, 15) is 14.4 Å². The molecule has 0 unspecified atom stereocenters. The lowest BCUT2D eigenvalue weighted by Crippen LogP contribution is -2.18. The molecule has 6 nitrogen and oxygen atoms in total. The van der Waals surface area contributed by atoms with Crippen LogP contribution in [0.2, 0.25) is 0 Å². The van der Waals surface area contributed by atoms with Gasteiger partial charge >= 0.3 is 5.97 Å². The van der Waals surface area contributed by atoms with Crippen LogP contribution in [0.5, 0.6) is 0 Å². The fourth-order valence-electron chi connectivity index (χ4n) is 1.18. The van der Waals surface area contributed by atoms with Crippen LogP contribution in [0.1, 0.15) is 23.7 Å². The zero-order valence-electron chi connectivity index (χ0n) is 9.52. The quantitative estimate of drug-likeness (QED) is 0.617. The van der Waals surface area contributed by atoms with Crippen LogP contribution < -0.4 is 5.32 Å². The Bertz CT molecular complexity index is 457. The van der Waals surface area contributed by atoms with E-state index in [0.717, 1.165) is 0 Å². The van der Waals surface area contributed by atoms with Gasteiger partial charge in [0.05, 0.1) is 13.5 Å². The first-order chi connectivity index (χ1) is 8.04. The standard InChI is InChI=1S/C11H12N2O4/c1-7(14)6-9(15)13-10-8(11(16)17-2)4-3-5-12-10/h3-5H,6H2,1-2H3,(H,12,13,15). The number of carbonyl (C=O) groups is 3. The van der Waals surface area contributed by atoms with Gasteiger partial charge in [-0.15, -0.1) is 0 Å². The number of aromatic nitrogens is 1. The topological polar surface area (TPSA) is 85.4 Å².